The van der Waals surface area contributed by atoms with Crippen molar-refractivity contribution in [1.29, 1.82) is 0 Å². The molecule has 0 saturated carbocycles. The average Bonchev–Trinajstić information content (AvgIpc) is 3.03. The summed E-state index contributed by atoms with van der Waals surface area (Å²) in [5.41, 5.74) is 4.02. The minimum Gasteiger partial charge on any atom is -0.269 e. The zero-order valence-electron chi connectivity index (χ0n) is 13.9. The molecule has 7 heteroatoms. The van der Waals surface area contributed by atoms with Gasteiger partial charge in [-0.3, -0.25) is 9.20 Å². The maximum atomic E-state index is 12.3. The van der Waals surface area contributed by atoms with E-state index >= 15 is 0 Å². The van der Waals surface area contributed by atoms with Gasteiger partial charge in [-0.05, 0) is 31.2 Å². The van der Waals surface area contributed by atoms with Crippen LogP contribution in [0.5, 0.6) is 0 Å². The van der Waals surface area contributed by atoms with Crippen LogP contribution in [0.4, 0.5) is 0 Å². The largest absolute Gasteiger partial charge is 0.269 e. The van der Waals surface area contributed by atoms with Crippen LogP contribution in [0.15, 0.2) is 53.3 Å². The van der Waals surface area contributed by atoms with Crippen molar-refractivity contribution >= 4 is 5.65 Å². The number of tetrazole rings is 1. The predicted molar refractivity (Wildman–Crippen MR) is 93.3 cm³/mol. The molecule has 0 bridgehead atoms. The summed E-state index contributed by atoms with van der Waals surface area (Å²) in [4.78, 5) is 18.3. The van der Waals surface area contributed by atoms with Crippen molar-refractivity contribution in [2.75, 3.05) is 0 Å². The molecule has 0 unspecified atom stereocenters. The standard InChI is InChI=1S/C18H16N6O/c1-12-6-8-14(9-7-12)18-20-22-23(21-18)11-15-10-17(25)24-13(2)4-3-5-16(24)19-15/h3-10H,11H2,1-2H3. The Labute approximate surface area is 143 Å². The van der Waals surface area contributed by atoms with E-state index in [9.17, 15) is 4.79 Å². The van der Waals surface area contributed by atoms with Gasteiger partial charge in [0.25, 0.3) is 5.56 Å². The van der Waals surface area contributed by atoms with Crippen molar-refractivity contribution in [2.45, 2.75) is 20.4 Å². The second-order valence-electron chi connectivity index (χ2n) is 5.96. The molecule has 0 aliphatic rings. The van der Waals surface area contributed by atoms with Gasteiger partial charge in [0.05, 0.1) is 5.69 Å². The first-order valence-electron chi connectivity index (χ1n) is 7.93. The van der Waals surface area contributed by atoms with Gasteiger partial charge in [0.2, 0.25) is 5.82 Å². The van der Waals surface area contributed by atoms with Gasteiger partial charge >= 0.3 is 0 Å². The molecule has 4 rings (SSSR count). The summed E-state index contributed by atoms with van der Waals surface area (Å²) < 4.78 is 1.58. The van der Waals surface area contributed by atoms with E-state index < -0.39 is 0 Å². The molecule has 3 aromatic heterocycles. The fraction of sp³-hybridized carbons (Fsp3) is 0.167. The Kier molecular flexibility index (Phi) is 3.61. The Morgan fingerprint density at radius 3 is 2.64 bits per heavy atom. The van der Waals surface area contributed by atoms with Crippen LogP contribution < -0.4 is 5.56 Å². The number of pyridine rings is 1. The molecular weight excluding hydrogens is 316 g/mol. The fourth-order valence-electron chi connectivity index (χ4n) is 2.72. The Morgan fingerprint density at radius 2 is 1.84 bits per heavy atom. The van der Waals surface area contributed by atoms with Crippen molar-refractivity contribution < 1.29 is 0 Å². The summed E-state index contributed by atoms with van der Waals surface area (Å²) in [6.45, 7) is 4.20. The molecule has 0 aliphatic carbocycles. The molecule has 0 spiro atoms. The first-order valence-corrected chi connectivity index (χ1v) is 7.93. The number of rotatable bonds is 3. The minimum atomic E-state index is -0.114. The first kappa shape index (κ1) is 15.2. The lowest BCUT2D eigenvalue weighted by molar-refractivity contribution is 0.564. The number of nitrogens with zero attached hydrogens (tertiary/aromatic N) is 6. The van der Waals surface area contributed by atoms with Crippen LogP contribution in [-0.4, -0.2) is 29.6 Å². The Morgan fingerprint density at radius 1 is 1.04 bits per heavy atom. The average molecular weight is 332 g/mol. The Balaban J connectivity index is 1.66. The molecular formula is C18H16N6O. The van der Waals surface area contributed by atoms with Gasteiger partial charge < -0.3 is 0 Å². The first-order chi connectivity index (χ1) is 12.1. The van der Waals surface area contributed by atoms with E-state index in [0.29, 0.717) is 23.7 Å². The van der Waals surface area contributed by atoms with Gasteiger partial charge in [0, 0.05) is 17.3 Å². The Bertz CT molecular complexity index is 1110. The molecule has 3 heterocycles. The van der Waals surface area contributed by atoms with E-state index in [4.69, 9.17) is 0 Å². The van der Waals surface area contributed by atoms with Crippen LogP contribution >= 0.6 is 0 Å². The smallest absolute Gasteiger partial charge is 0.258 e. The van der Waals surface area contributed by atoms with E-state index in [-0.39, 0.29) is 5.56 Å². The van der Waals surface area contributed by atoms with Crippen LogP contribution in [-0.2, 0) is 6.54 Å². The van der Waals surface area contributed by atoms with Gasteiger partial charge in [-0.15, -0.1) is 10.2 Å². The van der Waals surface area contributed by atoms with Crippen molar-refractivity contribution in [3.8, 4) is 11.4 Å². The molecule has 25 heavy (non-hydrogen) atoms. The van der Waals surface area contributed by atoms with Crippen molar-refractivity contribution in [3.63, 3.8) is 0 Å². The lowest BCUT2D eigenvalue weighted by atomic mass is 10.1. The topological polar surface area (TPSA) is 78.0 Å². The number of aryl methyl sites for hydroxylation is 2. The van der Waals surface area contributed by atoms with Gasteiger partial charge in [-0.2, -0.15) is 4.80 Å². The SMILES string of the molecule is Cc1ccc(-c2nnn(Cc3cc(=O)n4c(C)cccc4n3)n2)cc1. The number of benzene rings is 1. The zero-order valence-corrected chi connectivity index (χ0v) is 13.9. The predicted octanol–water partition coefficient (Wildman–Crippen LogP) is 2.01. The molecule has 0 fully saturated rings. The molecule has 1 aromatic carbocycles. The third kappa shape index (κ3) is 2.91. The monoisotopic (exact) mass is 332 g/mol. The van der Waals surface area contributed by atoms with Crippen LogP contribution in [0.25, 0.3) is 17.0 Å². The van der Waals surface area contributed by atoms with Crippen LogP contribution in [0.2, 0.25) is 0 Å². The molecule has 0 radical (unpaired) electrons. The third-order valence-corrected chi connectivity index (χ3v) is 4.00. The molecule has 4 aromatic rings. The maximum Gasteiger partial charge on any atom is 0.258 e. The second kappa shape index (κ2) is 5.94. The minimum absolute atomic E-state index is 0.114. The fourth-order valence-corrected chi connectivity index (χ4v) is 2.72. The quantitative estimate of drug-likeness (QED) is 0.573. The molecule has 0 atom stereocenters. The van der Waals surface area contributed by atoms with Crippen LogP contribution in [0.1, 0.15) is 17.0 Å². The third-order valence-electron chi connectivity index (χ3n) is 4.00. The summed E-state index contributed by atoms with van der Waals surface area (Å²) in [5, 5.41) is 12.5. The second-order valence-corrected chi connectivity index (χ2v) is 5.96. The van der Waals surface area contributed by atoms with Crippen LogP contribution in [0.3, 0.4) is 0 Å². The highest BCUT2D eigenvalue weighted by Gasteiger charge is 2.09. The van der Waals surface area contributed by atoms with Gasteiger partial charge in [-0.1, -0.05) is 35.9 Å². The number of aromatic nitrogens is 6. The van der Waals surface area contributed by atoms with Gasteiger partial charge in [-0.25, -0.2) is 4.98 Å². The number of hydrogen-bond donors (Lipinski definition) is 0. The highest BCUT2D eigenvalue weighted by Crippen LogP contribution is 2.14. The molecule has 0 amide bonds. The van der Waals surface area contributed by atoms with E-state index in [1.165, 1.54) is 16.4 Å². The number of fused-ring (bicyclic) bond motifs is 1. The molecule has 0 saturated heterocycles. The van der Waals surface area contributed by atoms with Crippen molar-refractivity contribution in [1.82, 2.24) is 29.6 Å². The molecule has 124 valence electrons. The van der Waals surface area contributed by atoms with E-state index in [0.717, 1.165) is 11.3 Å². The zero-order chi connectivity index (χ0) is 17.4. The maximum absolute atomic E-state index is 12.3. The summed E-state index contributed by atoms with van der Waals surface area (Å²) in [6, 6.07) is 15.0. The van der Waals surface area contributed by atoms with E-state index in [2.05, 4.69) is 20.4 Å². The van der Waals surface area contributed by atoms with Gasteiger partial charge in [0.1, 0.15) is 12.2 Å². The van der Waals surface area contributed by atoms with E-state index in [1.807, 2.05) is 56.3 Å². The number of hydrogen-bond acceptors (Lipinski definition) is 5. The lowest BCUT2D eigenvalue weighted by Gasteiger charge is -2.05. The molecule has 0 N–H and O–H groups in total. The van der Waals surface area contributed by atoms with Crippen molar-refractivity contribution in [3.05, 3.63) is 75.8 Å². The van der Waals surface area contributed by atoms with Crippen molar-refractivity contribution in [2.24, 2.45) is 0 Å². The summed E-state index contributed by atoms with van der Waals surface area (Å²) >= 11 is 0. The van der Waals surface area contributed by atoms with E-state index in [1.54, 1.807) is 4.40 Å². The summed E-state index contributed by atoms with van der Waals surface area (Å²) in [6.07, 6.45) is 0. The Hall–Kier alpha value is -3.35. The normalized spacial score (nSPS) is 11.1. The van der Waals surface area contributed by atoms with Crippen LogP contribution in [0, 0.1) is 13.8 Å². The molecule has 0 aliphatic heterocycles. The van der Waals surface area contributed by atoms with Gasteiger partial charge in [0.15, 0.2) is 0 Å². The summed E-state index contributed by atoms with van der Waals surface area (Å²) in [5.74, 6) is 0.549. The highest BCUT2D eigenvalue weighted by atomic mass is 16.1. The lowest BCUT2D eigenvalue weighted by Crippen LogP contribution is -2.19. The summed E-state index contributed by atoms with van der Waals surface area (Å²) in [7, 11) is 0. The highest BCUT2D eigenvalue weighted by molar-refractivity contribution is 5.54. The molecule has 7 nitrogen and oxygen atoms in total.